The summed E-state index contributed by atoms with van der Waals surface area (Å²) < 4.78 is 0. The average molecular weight is 227 g/mol. The van der Waals surface area contributed by atoms with Gasteiger partial charge in [0, 0.05) is 13.1 Å². The zero-order valence-corrected chi connectivity index (χ0v) is 10.0. The van der Waals surface area contributed by atoms with Crippen LogP contribution >= 0.6 is 0 Å². The minimum absolute atomic E-state index is 0.0211. The van der Waals surface area contributed by atoms with Gasteiger partial charge in [-0.1, -0.05) is 0 Å². The van der Waals surface area contributed by atoms with Gasteiger partial charge in [-0.3, -0.25) is 9.59 Å². The van der Waals surface area contributed by atoms with Crippen LogP contribution < -0.4 is 16.4 Å². The molecule has 1 aliphatic carbocycles. The predicted molar refractivity (Wildman–Crippen MR) is 61.6 cm³/mol. The topological polar surface area (TPSA) is 84.2 Å². The molecule has 5 nitrogen and oxygen atoms in total. The van der Waals surface area contributed by atoms with Gasteiger partial charge in [-0.05, 0) is 32.6 Å². The highest BCUT2D eigenvalue weighted by atomic mass is 16.2. The Morgan fingerprint density at radius 1 is 1.38 bits per heavy atom. The average Bonchev–Trinajstić information content (AvgIpc) is 2.97. The molecule has 0 aromatic rings. The van der Waals surface area contributed by atoms with E-state index in [0.29, 0.717) is 12.5 Å². The largest absolute Gasteiger partial charge is 0.369 e. The fourth-order valence-electron chi connectivity index (χ4n) is 1.22. The highest BCUT2D eigenvalue weighted by Gasteiger charge is 2.25. The Morgan fingerprint density at radius 2 is 2.00 bits per heavy atom. The first-order valence-corrected chi connectivity index (χ1v) is 5.69. The van der Waals surface area contributed by atoms with Gasteiger partial charge in [-0.25, -0.2) is 0 Å². The van der Waals surface area contributed by atoms with Crippen molar-refractivity contribution < 1.29 is 9.59 Å². The van der Waals surface area contributed by atoms with Crippen LogP contribution in [0.3, 0.4) is 0 Å². The van der Waals surface area contributed by atoms with E-state index in [-0.39, 0.29) is 18.4 Å². The number of primary amides is 1. The van der Waals surface area contributed by atoms with Crippen LogP contribution in [0.4, 0.5) is 0 Å². The molecule has 4 N–H and O–H groups in total. The van der Waals surface area contributed by atoms with Crippen LogP contribution in [0, 0.1) is 11.3 Å². The third kappa shape index (κ3) is 4.61. The maximum atomic E-state index is 11.3. The molecule has 0 saturated heterocycles. The Balaban J connectivity index is 2.09. The third-order valence-corrected chi connectivity index (χ3v) is 2.80. The monoisotopic (exact) mass is 227 g/mol. The van der Waals surface area contributed by atoms with Crippen molar-refractivity contribution in [2.24, 2.45) is 17.1 Å². The van der Waals surface area contributed by atoms with Gasteiger partial charge in [0.25, 0.3) is 0 Å². The van der Waals surface area contributed by atoms with Crippen molar-refractivity contribution in [3.63, 3.8) is 0 Å². The summed E-state index contributed by atoms with van der Waals surface area (Å²) in [5, 5.41) is 5.78. The Bertz CT molecular complexity index is 272. The summed E-state index contributed by atoms with van der Waals surface area (Å²) in [4.78, 5) is 22.3. The molecule has 0 aromatic heterocycles. The minimum atomic E-state index is -0.614. The summed E-state index contributed by atoms with van der Waals surface area (Å²) >= 11 is 0. The summed E-state index contributed by atoms with van der Waals surface area (Å²) in [6, 6.07) is 0. The van der Waals surface area contributed by atoms with Gasteiger partial charge in [0.15, 0.2) is 0 Å². The molecule has 1 rings (SSSR count). The van der Waals surface area contributed by atoms with Crippen molar-refractivity contribution in [1.82, 2.24) is 10.6 Å². The summed E-state index contributed by atoms with van der Waals surface area (Å²) in [6.45, 7) is 4.94. The van der Waals surface area contributed by atoms with Gasteiger partial charge in [0.2, 0.25) is 11.8 Å². The Kier molecular flexibility index (Phi) is 4.29. The number of nitrogens with one attached hydrogen (secondary N) is 2. The molecule has 0 aromatic carbocycles. The highest BCUT2D eigenvalue weighted by molar-refractivity contribution is 5.80. The predicted octanol–water partition coefficient (Wildman–Crippen LogP) is -0.386. The smallest absolute Gasteiger partial charge is 0.233 e. The van der Waals surface area contributed by atoms with E-state index >= 15 is 0 Å². The first kappa shape index (κ1) is 13.0. The Labute approximate surface area is 96.1 Å². The van der Waals surface area contributed by atoms with Crippen LogP contribution in [0.2, 0.25) is 0 Å². The maximum Gasteiger partial charge on any atom is 0.233 e. The van der Waals surface area contributed by atoms with Crippen molar-refractivity contribution in [3.8, 4) is 0 Å². The second kappa shape index (κ2) is 5.30. The third-order valence-electron chi connectivity index (χ3n) is 2.80. The summed E-state index contributed by atoms with van der Waals surface area (Å²) in [5.74, 6) is 0.302. The summed E-state index contributed by atoms with van der Waals surface area (Å²) in [7, 11) is 0. The molecule has 5 heteroatoms. The van der Waals surface area contributed by atoms with E-state index in [1.807, 2.05) is 0 Å². The standard InChI is InChI=1S/C11H21N3O2/c1-11(2,10(12)16)7-13-6-9(15)14-5-8-3-4-8/h8,13H,3-7H2,1-2H3,(H2,12,16)(H,14,15). The Hall–Kier alpha value is -1.10. The maximum absolute atomic E-state index is 11.3. The van der Waals surface area contributed by atoms with Gasteiger partial charge < -0.3 is 16.4 Å². The van der Waals surface area contributed by atoms with Crippen LogP contribution in [0.1, 0.15) is 26.7 Å². The van der Waals surface area contributed by atoms with E-state index in [2.05, 4.69) is 10.6 Å². The molecular weight excluding hydrogens is 206 g/mol. The van der Waals surface area contributed by atoms with Crippen LogP contribution in [-0.2, 0) is 9.59 Å². The fourth-order valence-corrected chi connectivity index (χ4v) is 1.22. The molecule has 1 aliphatic rings. The fraction of sp³-hybridized carbons (Fsp3) is 0.818. The van der Waals surface area contributed by atoms with E-state index in [1.54, 1.807) is 13.8 Å². The van der Waals surface area contributed by atoms with E-state index in [4.69, 9.17) is 5.73 Å². The molecule has 2 amide bonds. The minimum Gasteiger partial charge on any atom is -0.369 e. The first-order chi connectivity index (χ1) is 7.42. The van der Waals surface area contributed by atoms with Gasteiger partial charge in [-0.2, -0.15) is 0 Å². The quantitative estimate of drug-likeness (QED) is 0.554. The van der Waals surface area contributed by atoms with E-state index in [9.17, 15) is 9.59 Å². The molecular formula is C11H21N3O2. The second-order valence-electron chi connectivity index (χ2n) is 5.10. The van der Waals surface area contributed by atoms with Crippen molar-refractivity contribution >= 4 is 11.8 Å². The number of carbonyl (C=O) groups excluding carboxylic acids is 2. The van der Waals surface area contributed by atoms with Crippen LogP contribution in [0.5, 0.6) is 0 Å². The molecule has 92 valence electrons. The number of hydrogen-bond acceptors (Lipinski definition) is 3. The molecule has 0 radical (unpaired) electrons. The lowest BCUT2D eigenvalue weighted by Crippen LogP contribution is -2.43. The zero-order chi connectivity index (χ0) is 12.2. The molecule has 1 saturated carbocycles. The lowest BCUT2D eigenvalue weighted by Gasteiger charge is -2.20. The van der Waals surface area contributed by atoms with E-state index in [1.165, 1.54) is 12.8 Å². The number of rotatable bonds is 7. The SMILES string of the molecule is CC(C)(CNCC(=O)NCC1CC1)C(N)=O. The normalized spacial score (nSPS) is 15.9. The molecule has 0 bridgehead atoms. The molecule has 0 spiro atoms. The molecule has 0 heterocycles. The Morgan fingerprint density at radius 3 is 2.50 bits per heavy atom. The molecule has 0 unspecified atom stereocenters. The number of hydrogen-bond donors (Lipinski definition) is 3. The van der Waals surface area contributed by atoms with E-state index < -0.39 is 5.41 Å². The molecule has 0 atom stereocenters. The van der Waals surface area contributed by atoms with Crippen molar-refractivity contribution in [2.75, 3.05) is 19.6 Å². The van der Waals surface area contributed by atoms with Gasteiger partial charge in [0.05, 0.1) is 12.0 Å². The van der Waals surface area contributed by atoms with Crippen LogP contribution in [0.15, 0.2) is 0 Å². The second-order valence-corrected chi connectivity index (χ2v) is 5.10. The zero-order valence-electron chi connectivity index (χ0n) is 10.0. The number of carbonyl (C=O) groups is 2. The first-order valence-electron chi connectivity index (χ1n) is 5.69. The van der Waals surface area contributed by atoms with Crippen molar-refractivity contribution in [2.45, 2.75) is 26.7 Å². The summed E-state index contributed by atoms with van der Waals surface area (Å²) in [5.41, 5.74) is 4.60. The lowest BCUT2D eigenvalue weighted by atomic mass is 9.93. The molecule has 1 fully saturated rings. The number of amides is 2. The van der Waals surface area contributed by atoms with Crippen molar-refractivity contribution in [1.29, 1.82) is 0 Å². The molecule has 16 heavy (non-hydrogen) atoms. The lowest BCUT2D eigenvalue weighted by molar-refractivity contribution is -0.126. The van der Waals surface area contributed by atoms with Crippen LogP contribution in [-0.4, -0.2) is 31.4 Å². The number of nitrogens with two attached hydrogens (primary N) is 1. The van der Waals surface area contributed by atoms with Gasteiger partial charge in [0.1, 0.15) is 0 Å². The molecule has 0 aliphatic heterocycles. The van der Waals surface area contributed by atoms with Gasteiger partial charge >= 0.3 is 0 Å². The van der Waals surface area contributed by atoms with E-state index in [0.717, 1.165) is 6.54 Å². The van der Waals surface area contributed by atoms with Gasteiger partial charge in [-0.15, -0.1) is 0 Å². The summed E-state index contributed by atoms with van der Waals surface area (Å²) in [6.07, 6.45) is 2.45. The highest BCUT2D eigenvalue weighted by Crippen LogP contribution is 2.27. The van der Waals surface area contributed by atoms with Crippen molar-refractivity contribution in [3.05, 3.63) is 0 Å². The van der Waals surface area contributed by atoms with Crippen LogP contribution in [0.25, 0.3) is 0 Å².